The zero-order valence-electron chi connectivity index (χ0n) is 15.2. The van der Waals surface area contributed by atoms with Crippen LogP contribution in [0.2, 0.25) is 0 Å². The topological polar surface area (TPSA) is 84.9 Å². The van der Waals surface area contributed by atoms with Crippen molar-refractivity contribution in [2.75, 3.05) is 30.0 Å². The number of ether oxygens (including phenoxy) is 2. The standard InChI is InChI=1S/C20H19ClN2O5/c1-13(21)14-6-2-5-9-17(14)27-12-20(26)28-11-19(25)23-10-18(24)22-15-7-3-4-8-16(15)23/h2-9,13H,10-12H2,1H3,(H,22,24). The third-order valence-electron chi connectivity index (χ3n) is 4.12. The summed E-state index contributed by atoms with van der Waals surface area (Å²) in [6, 6.07) is 14.0. The van der Waals surface area contributed by atoms with E-state index in [0.717, 1.165) is 5.56 Å². The molecule has 1 heterocycles. The van der Waals surface area contributed by atoms with Gasteiger partial charge in [-0.15, -0.1) is 11.6 Å². The molecule has 8 heteroatoms. The number of hydrogen-bond acceptors (Lipinski definition) is 5. The van der Waals surface area contributed by atoms with Crippen molar-refractivity contribution in [2.45, 2.75) is 12.3 Å². The Morgan fingerprint density at radius 3 is 2.64 bits per heavy atom. The molecule has 146 valence electrons. The number of carbonyl (C=O) groups is 3. The number of nitrogens with one attached hydrogen (secondary N) is 1. The number of benzene rings is 2. The van der Waals surface area contributed by atoms with Gasteiger partial charge in [0.25, 0.3) is 5.91 Å². The number of amides is 2. The van der Waals surface area contributed by atoms with E-state index in [2.05, 4.69) is 5.32 Å². The SMILES string of the molecule is CC(Cl)c1ccccc1OCC(=O)OCC(=O)N1CC(=O)Nc2ccccc21. The number of fused-ring (bicyclic) bond motifs is 1. The Morgan fingerprint density at radius 1 is 1.14 bits per heavy atom. The molecule has 1 unspecified atom stereocenters. The largest absolute Gasteiger partial charge is 0.482 e. The summed E-state index contributed by atoms with van der Waals surface area (Å²) in [4.78, 5) is 37.5. The van der Waals surface area contributed by atoms with Crippen molar-refractivity contribution in [2.24, 2.45) is 0 Å². The molecule has 0 radical (unpaired) electrons. The van der Waals surface area contributed by atoms with Crippen molar-refractivity contribution >= 4 is 40.8 Å². The van der Waals surface area contributed by atoms with Gasteiger partial charge in [0.05, 0.1) is 16.8 Å². The first-order chi connectivity index (χ1) is 13.5. The molecule has 1 aliphatic heterocycles. The Balaban J connectivity index is 1.55. The van der Waals surface area contributed by atoms with Crippen molar-refractivity contribution < 1.29 is 23.9 Å². The van der Waals surface area contributed by atoms with Crippen LogP contribution in [0.1, 0.15) is 17.9 Å². The molecule has 0 saturated heterocycles. The summed E-state index contributed by atoms with van der Waals surface area (Å²) < 4.78 is 10.5. The van der Waals surface area contributed by atoms with Crippen LogP contribution in [0.25, 0.3) is 0 Å². The lowest BCUT2D eigenvalue weighted by Gasteiger charge is -2.28. The first kappa shape index (κ1) is 19.7. The lowest BCUT2D eigenvalue weighted by molar-refractivity contribution is -0.149. The maximum atomic E-state index is 12.4. The van der Waals surface area contributed by atoms with Crippen LogP contribution in [0.5, 0.6) is 5.75 Å². The number of para-hydroxylation sites is 3. The second-order valence-electron chi connectivity index (χ2n) is 6.15. The minimum Gasteiger partial charge on any atom is -0.482 e. The second-order valence-corrected chi connectivity index (χ2v) is 6.80. The third-order valence-corrected chi connectivity index (χ3v) is 4.36. The number of carbonyl (C=O) groups excluding carboxylic acids is 3. The molecule has 1 N–H and O–H groups in total. The van der Waals surface area contributed by atoms with E-state index in [1.54, 1.807) is 49.4 Å². The Morgan fingerprint density at radius 2 is 1.86 bits per heavy atom. The van der Waals surface area contributed by atoms with E-state index in [4.69, 9.17) is 21.1 Å². The van der Waals surface area contributed by atoms with Gasteiger partial charge in [-0.1, -0.05) is 30.3 Å². The molecular formula is C20H19ClN2O5. The number of esters is 1. The van der Waals surface area contributed by atoms with Crippen LogP contribution in [0.15, 0.2) is 48.5 Å². The van der Waals surface area contributed by atoms with Gasteiger partial charge in [0.1, 0.15) is 12.3 Å². The lowest BCUT2D eigenvalue weighted by atomic mass is 10.1. The highest BCUT2D eigenvalue weighted by molar-refractivity contribution is 6.20. The van der Waals surface area contributed by atoms with Gasteiger partial charge in [-0.3, -0.25) is 14.5 Å². The van der Waals surface area contributed by atoms with Gasteiger partial charge in [0.2, 0.25) is 5.91 Å². The van der Waals surface area contributed by atoms with Gasteiger partial charge >= 0.3 is 5.97 Å². The molecule has 2 aromatic carbocycles. The van der Waals surface area contributed by atoms with Crippen molar-refractivity contribution in [3.05, 3.63) is 54.1 Å². The average Bonchev–Trinajstić information content (AvgIpc) is 2.69. The summed E-state index contributed by atoms with van der Waals surface area (Å²) in [5.74, 6) is -1.02. The second kappa shape index (κ2) is 8.75. The van der Waals surface area contributed by atoms with Crippen molar-refractivity contribution in [1.29, 1.82) is 0 Å². The fourth-order valence-electron chi connectivity index (χ4n) is 2.79. The highest BCUT2D eigenvalue weighted by atomic mass is 35.5. The molecule has 0 fully saturated rings. The van der Waals surface area contributed by atoms with Crippen LogP contribution in [0, 0.1) is 0 Å². The highest BCUT2D eigenvalue weighted by Gasteiger charge is 2.27. The molecule has 3 rings (SSSR count). The van der Waals surface area contributed by atoms with Crippen LogP contribution in [-0.2, 0) is 19.1 Å². The van der Waals surface area contributed by atoms with E-state index in [9.17, 15) is 14.4 Å². The fraction of sp³-hybridized carbons (Fsp3) is 0.250. The van der Waals surface area contributed by atoms with E-state index in [1.165, 1.54) is 4.90 Å². The Hall–Kier alpha value is -3.06. The summed E-state index contributed by atoms with van der Waals surface area (Å²) in [5, 5.41) is 2.41. The molecule has 1 atom stereocenters. The molecule has 7 nitrogen and oxygen atoms in total. The first-order valence-corrected chi connectivity index (χ1v) is 9.10. The summed E-state index contributed by atoms with van der Waals surface area (Å²) >= 11 is 6.09. The number of nitrogens with zero attached hydrogens (tertiary/aromatic N) is 1. The summed E-state index contributed by atoms with van der Waals surface area (Å²) in [5.41, 5.74) is 1.85. The Labute approximate surface area is 167 Å². The van der Waals surface area contributed by atoms with Crippen molar-refractivity contribution in [3.8, 4) is 5.75 Å². The summed E-state index contributed by atoms with van der Waals surface area (Å²) in [6.45, 7) is 0.820. The van der Waals surface area contributed by atoms with E-state index in [1.807, 2.05) is 6.07 Å². The molecule has 0 bridgehead atoms. The molecule has 0 aromatic heterocycles. The smallest absolute Gasteiger partial charge is 0.344 e. The number of alkyl halides is 1. The molecule has 0 spiro atoms. The zero-order valence-corrected chi connectivity index (χ0v) is 15.9. The minimum absolute atomic E-state index is 0.134. The van der Waals surface area contributed by atoms with E-state index < -0.39 is 18.5 Å². The monoisotopic (exact) mass is 402 g/mol. The Kier molecular flexibility index (Phi) is 6.16. The highest BCUT2D eigenvalue weighted by Crippen LogP contribution is 2.29. The van der Waals surface area contributed by atoms with Crippen LogP contribution >= 0.6 is 11.6 Å². The van der Waals surface area contributed by atoms with Crippen LogP contribution in [0.3, 0.4) is 0 Å². The zero-order chi connectivity index (χ0) is 20.1. The predicted octanol–water partition coefficient (Wildman–Crippen LogP) is 2.89. The maximum Gasteiger partial charge on any atom is 0.344 e. The molecule has 28 heavy (non-hydrogen) atoms. The maximum absolute atomic E-state index is 12.4. The van der Waals surface area contributed by atoms with Crippen molar-refractivity contribution in [1.82, 2.24) is 0 Å². The molecule has 1 aliphatic rings. The van der Waals surface area contributed by atoms with Crippen molar-refractivity contribution in [3.63, 3.8) is 0 Å². The number of halogens is 1. The summed E-state index contributed by atoms with van der Waals surface area (Å²) in [6.07, 6.45) is 0. The van der Waals surface area contributed by atoms with E-state index in [0.29, 0.717) is 17.1 Å². The van der Waals surface area contributed by atoms with Gasteiger partial charge in [-0.2, -0.15) is 0 Å². The average molecular weight is 403 g/mol. The number of anilines is 2. The van der Waals surface area contributed by atoms with Gasteiger partial charge in [0.15, 0.2) is 13.2 Å². The van der Waals surface area contributed by atoms with Crippen LogP contribution in [-0.4, -0.2) is 37.5 Å². The van der Waals surface area contributed by atoms with E-state index >= 15 is 0 Å². The minimum atomic E-state index is -0.694. The number of rotatable bonds is 6. The molecule has 2 amide bonds. The first-order valence-electron chi connectivity index (χ1n) is 8.66. The molecule has 0 aliphatic carbocycles. The quantitative estimate of drug-likeness (QED) is 0.593. The summed E-state index contributed by atoms with van der Waals surface area (Å²) in [7, 11) is 0. The van der Waals surface area contributed by atoms with Crippen LogP contribution < -0.4 is 15.0 Å². The van der Waals surface area contributed by atoms with E-state index in [-0.39, 0.29) is 24.4 Å². The molecule has 2 aromatic rings. The Bertz CT molecular complexity index is 900. The van der Waals surface area contributed by atoms with Crippen LogP contribution in [0.4, 0.5) is 11.4 Å². The van der Waals surface area contributed by atoms with Gasteiger partial charge in [0, 0.05) is 5.56 Å². The third kappa shape index (κ3) is 4.61. The molecule has 0 saturated carbocycles. The normalized spacial score (nSPS) is 13.9. The van der Waals surface area contributed by atoms with Gasteiger partial charge in [-0.05, 0) is 25.1 Å². The van der Waals surface area contributed by atoms with Gasteiger partial charge in [-0.25, -0.2) is 4.79 Å². The lowest BCUT2D eigenvalue weighted by Crippen LogP contribution is -2.44. The fourth-order valence-corrected chi connectivity index (χ4v) is 2.98. The van der Waals surface area contributed by atoms with Gasteiger partial charge < -0.3 is 14.8 Å². The molecular weight excluding hydrogens is 384 g/mol. The predicted molar refractivity (Wildman–Crippen MR) is 105 cm³/mol. The number of hydrogen-bond donors (Lipinski definition) is 1.